The van der Waals surface area contributed by atoms with Crippen LogP contribution in [0.2, 0.25) is 0 Å². The van der Waals surface area contributed by atoms with Crippen molar-refractivity contribution in [3.63, 3.8) is 0 Å². The topological polar surface area (TPSA) is 55.8 Å². The second-order valence-electron chi connectivity index (χ2n) is 8.04. The van der Waals surface area contributed by atoms with Crippen LogP contribution in [0.5, 0.6) is 0 Å². The van der Waals surface area contributed by atoms with Crippen molar-refractivity contribution in [2.24, 2.45) is 0 Å². The Labute approximate surface area is 173 Å². The molecule has 0 aromatic heterocycles. The third kappa shape index (κ3) is 8.08. The summed E-state index contributed by atoms with van der Waals surface area (Å²) in [4.78, 5) is 26.9. The number of benzene rings is 2. The number of ether oxygens (including phenoxy) is 2. The standard InChI is InChI=1S/C24H31NO4/c1-24(2,3)29-23(27)21(15-16-22(26)28-4)25(17-19-11-7-5-8-12-19)18-20-13-9-6-10-14-20/h5-14,21H,15-18H2,1-4H3/t21-/m0/s1. The summed E-state index contributed by atoms with van der Waals surface area (Å²) in [5.74, 6) is -0.661. The molecule has 0 unspecified atom stereocenters. The molecule has 2 aromatic carbocycles. The van der Waals surface area contributed by atoms with Crippen LogP contribution in [0, 0.1) is 0 Å². The fourth-order valence-corrected chi connectivity index (χ4v) is 3.09. The van der Waals surface area contributed by atoms with Gasteiger partial charge in [0, 0.05) is 19.5 Å². The van der Waals surface area contributed by atoms with Crippen LogP contribution < -0.4 is 0 Å². The van der Waals surface area contributed by atoms with E-state index in [0.717, 1.165) is 11.1 Å². The van der Waals surface area contributed by atoms with Gasteiger partial charge in [-0.2, -0.15) is 0 Å². The number of carbonyl (C=O) groups excluding carboxylic acids is 2. The Balaban J connectivity index is 2.31. The number of hydrogen-bond acceptors (Lipinski definition) is 5. The number of carbonyl (C=O) groups is 2. The molecule has 0 saturated carbocycles. The van der Waals surface area contributed by atoms with Crippen molar-refractivity contribution < 1.29 is 19.1 Å². The maximum atomic E-state index is 13.1. The van der Waals surface area contributed by atoms with Crippen LogP contribution in [0.1, 0.15) is 44.7 Å². The zero-order valence-corrected chi connectivity index (χ0v) is 17.8. The van der Waals surface area contributed by atoms with E-state index in [2.05, 4.69) is 4.90 Å². The molecule has 0 spiro atoms. The molecule has 0 saturated heterocycles. The minimum Gasteiger partial charge on any atom is -0.469 e. The molecule has 29 heavy (non-hydrogen) atoms. The van der Waals surface area contributed by atoms with Crippen molar-refractivity contribution in [2.75, 3.05) is 7.11 Å². The highest BCUT2D eigenvalue weighted by atomic mass is 16.6. The molecule has 0 aliphatic carbocycles. The summed E-state index contributed by atoms with van der Waals surface area (Å²) in [6.07, 6.45) is 0.488. The van der Waals surface area contributed by atoms with E-state index < -0.39 is 11.6 Å². The van der Waals surface area contributed by atoms with Gasteiger partial charge in [0.05, 0.1) is 7.11 Å². The predicted octanol–water partition coefficient (Wildman–Crippen LogP) is 4.35. The molecule has 2 rings (SSSR count). The molecule has 0 aliphatic heterocycles. The Morgan fingerprint density at radius 1 is 0.897 bits per heavy atom. The highest BCUT2D eigenvalue weighted by Crippen LogP contribution is 2.20. The summed E-state index contributed by atoms with van der Waals surface area (Å²) in [6, 6.07) is 19.4. The molecule has 0 fully saturated rings. The van der Waals surface area contributed by atoms with Crippen LogP contribution in [0.4, 0.5) is 0 Å². The zero-order valence-electron chi connectivity index (χ0n) is 17.8. The predicted molar refractivity (Wildman–Crippen MR) is 113 cm³/mol. The van der Waals surface area contributed by atoms with Gasteiger partial charge < -0.3 is 9.47 Å². The van der Waals surface area contributed by atoms with Gasteiger partial charge in [-0.25, -0.2) is 0 Å². The fourth-order valence-electron chi connectivity index (χ4n) is 3.09. The van der Waals surface area contributed by atoms with E-state index >= 15 is 0 Å². The van der Waals surface area contributed by atoms with E-state index in [1.165, 1.54) is 7.11 Å². The number of rotatable bonds is 9. The van der Waals surface area contributed by atoms with Gasteiger partial charge in [-0.15, -0.1) is 0 Å². The van der Waals surface area contributed by atoms with Crippen LogP contribution in [-0.4, -0.2) is 35.6 Å². The summed E-state index contributed by atoms with van der Waals surface area (Å²) in [5.41, 5.74) is 1.58. The summed E-state index contributed by atoms with van der Waals surface area (Å²) < 4.78 is 10.5. The van der Waals surface area contributed by atoms with Crippen LogP contribution in [0.15, 0.2) is 60.7 Å². The van der Waals surface area contributed by atoms with E-state index in [4.69, 9.17) is 9.47 Å². The molecule has 0 aliphatic rings. The number of nitrogens with zero attached hydrogens (tertiary/aromatic N) is 1. The van der Waals surface area contributed by atoms with Gasteiger partial charge in [-0.05, 0) is 38.3 Å². The lowest BCUT2D eigenvalue weighted by Gasteiger charge is -2.32. The van der Waals surface area contributed by atoms with Crippen LogP contribution >= 0.6 is 0 Å². The number of esters is 2. The first kappa shape index (κ1) is 22.6. The van der Waals surface area contributed by atoms with E-state index in [-0.39, 0.29) is 18.4 Å². The molecular weight excluding hydrogens is 366 g/mol. The average Bonchev–Trinajstić information content (AvgIpc) is 2.68. The molecule has 1 atom stereocenters. The third-order valence-electron chi connectivity index (χ3n) is 4.43. The lowest BCUT2D eigenvalue weighted by molar-refractivity contribution is -0.162. The summed E-state index contributed by atoms with van der Waals surface area (Å²) in [5, 5.41) is 0. The largest absolute Gasteiger partial charge is 0.469 e. The first-order chi connectivity index (χ1) is 13.8. The SMILES string of the molecule is COC(=O)CC[C@@H](C(=O)OC(C)(C)C)N(Cc1ccccc1)Cc1ccccc1. The van der Waals surface area contributed by atoms with Gasteiger partial charge >= 0.3 is 11.9 Å². The average molecular weight is 398 g/mol. The molecule has 5 heteroatoms. The monoisotopic (exact) mass is 397 g/mol. The minimum absolute atomic E-state index is 0.153. The first-order valence-electron chi connectivity index (χ1n) is 9.90. The Morgan fingerprint density at radius 2 is 1.38 bits per heavy atom. The summed E-state index contributed by atoms with van der Waals surface area (Å²) in [7, 11) is 1.36. The fraction of sp³-hybridized carbons (Fsp3) is 0.417. The molecule has 5 nitrogen and oxygen atoms in total. The summed E-state index contributed by atoms with van der Waals surface area (Å²) >= 11 is 0. The third-order valence-corrected chi connectivity index (χ3v) is 4.43. The normalized spacial score (nSPS) is 12.4. The van der Waals surface area contributed by atoms with Gasteiger partial charge in [-0.3, -0.25) is 14.5 Å². The highest BCUT2D eigenvalue weighted by molar-refractivity contribution is 5.77. The van der Waals surface area contributed by atoms with Crippen LogP contribution in [-0.2, 0) is 32.2 Å². The molecular formula is C24H31NO4. The van der Waals surface area contributed by atoms with Gasteiger partial charge in [0.2, 0.25) is 0 Å². The smallest absolute Gasteiger partial charge is 0.323 e. The minimum atomic E-state index is -0.605. The van der Waals surface area contributed by atoms with Gasteiger partial charge in [0.15, 0.2) is 0 Å². The van der Waals surface area contributed by atoms with Crippen LogP contribution in [0.3, 0.4) is 0 Å². The van der Waals surface area contributed by atoms with Crippen molar-refractivity contribution in [2.45, 2.75) is 58.3 Å². The van der Waals surface area contributed by atoms with Gasteiger partial charge in [0.25, 0.3) is 0 Å². The summed E-state index contributed by atoms with van der Waals surface area (Å²) in [6.45, 7) is 6.69. The van der Waals surface area contributed by atoms with E-state index in [1.54, 1.807) is 0 Å². The Hall–Kier alpha value is -2.66. The molecule has 0 radical (unpaired) electrons. The molecule has 0 bridgehead atoms. The zero-order chi connectivity index (χ0) is 21.3. The van der Waals surface area contributed by atoms with E-state index in [1.807, 2.05) is 81.4 Å². The Bertz CT molecular complexity index is 727. The van der Waals surface area contributed by atoms with Crippen molar-refractivity contribution in [1.29, 1.82) is 0 Å². The Kier molecular flexibility index (Phi) is 8.40. The van der Waals surface area contributed by atoms with E-state index in [9.17, 15) is 9.59 Å². The number of hydrogen-bond donors (Lipinski definition) is 0. The second-order valence-corrected chi connectivity index (χ2v) is 8.04. The molecule has 2 aromatic rings. The molecule has 0 N–H and O–H groups in total. The maximum absolute atomic E-state index is 13.1. The quantitative estimate of drug-likeness (QED) is 0.589. The number of methoxy groups -OCH3 is 1. The van der Waals surface area contributed by atoms with Crippen molar-refractivity contribution >= 4 is 11.9 Å². The van der Waals surface area contributed by atoms with Crippen molar-refractivity contribution in [1.82, 2.24) is 4.90 Å². The Morgan fingerprint density at radius 3 is 1.79 bits per heavy atom. The lowest BCUT2D eigenvalue weighted by Crippen LogP contribution is -2.44. The second kappa shape index (κ2) is 10.8. The molecule has 0 heterocycles. The molecule has 156 valence electrons. The molecule has 0 amide bonds. The maximum Gasteiger partial charge on any atom is 0.323 e. The lowest BCUT2D eigenvalue weighted by atomic mass is 10.1. The van der Waals surface area contributed by atoms with Crippen LogP contribution in [0.25, 0.3) is 0 Å². The van der Waals surface area contributed by atoms with Crippen molar-refractivity contribution in [3.8, 4) is 0 Å². The van der Waals surface area contributed by atoms with Crippen molar-refractivity contribution in [3.05, 3.63) is 71.8 Å². The van der Waals surface area contributed by atoms with Gasteiger partial charge in [0.1, 0.15) is 11.6 Å². The van der Waals surface area contributed by atoms with Gasteiger partial charge in [-0.1, -0.05) is 60.7 Å². The van der Waals surface area contributed by atoms with E-state index in [0.29, 0.717) is 19.5 Å². The highest BCUT2D eigenvalue weighted by Gasteiger charge is 2.31. The first-order valence-corrected chi connectivity index (χ1v) is 9.90.